The molecule has 1 N–H and O–H groups in total. The van der Waals surface area contributed by atoms with Crippen molar-refractivity contribution < 1.29 is 9.47 Å². The summed E-state index contributed by atoms with van der Waals surface area (Å²) in [5, 5.41) is 3.47. The van der Waals surface area contributed by atoms with Crippen molar-refractivity contribution in [3.63, 3.8) is 0 Å². The van der Waals surface area contributed by atoms with Crippen LogP contribution in [0.25, 0.3) is 0 Å². The van der Waals surface area contributed by atoms with E-state index in [4.69, 9.17) is 9.47 Å². The van der Waals surface area contributed by atoms with Gasteiger partial charge in [0, 0.05) is 6.54 Å². The molecule has 0 aliphatic heterocycles. The van der Waals surface area contributed by atoms with Gasteiger partial charge in [-0.05, 0) is 36.6 Å². The van der Waals surface area contributed by atoms with Crippen molar-refractivity contribution in [1.29, 1.82) is 0 Å². The second-order valence-corrected chi connectivity index (χ2v) is 5.26. The van der Waals surface area contributed by atoms with Crippen molar-refractivity contribution in [2.75, 3.05) is 20.8 Å². The standard InChI is InChI=1S/C16H27NO2/c1-13(2)7-5-6-10-17-12-14-8-9-15(18-3)16(11-14)19-4/h8-9,11,13,17H,5-7,10,12H2,1-4H3. The van der Waals surface area contributed by atoms with Crippen LogP contribution in [0.4, 0.5) is 0 Å². The molecule has 0 radical (unpaired) electrons. The fourth-order valence-corrected chi connectivity index (χ4v) is 2.03. The molecule has 0 heterocycles. The van der Waals surface area contributed by atoms with Gasteiger partial charge in [0.05, 0.1) is 14.2 Å². The molecule has 1 aromatic carbocycles. The Hall–Kier alpha value is -1.22. The lowest BCUT2D eigenvalue weighted by Crippen LogP contribution is -2.14. The highest BCUT2D eigenvalue weighted by atomic mass is 16.5. The van der Waals surface area contributed by atoms with Crippen LogP contribution in [-0.4, -0.2) is 20.8 Å². The van der Waals surface area contributed by atoms with Gasteiger partial charge in [-0.3, -0.25) is 0 Å². The van der Waals surface area contributed by atoms with E-state index in [9.17, 15) is 0 Å². The molecule has 0 spiro atoms. The van der Waals surface area contributed by atoms with E-state index in [-0.39, 0.29) is 0 Å². The molecule has 0 amide bonds. The number of ether oxygens (including phenoxy) is 2. The monoisotopic (exact) mass is 265 g/mol. The zero-order chi connectivity index (χ0) is 14.1. The summed E-state index contributed by atoms with van der Waals surface area (Å²) in [6, 6.07) is 6.05. The van der Waals surface area contributed by atoms with Gasteiger partial charge in [-0.1, -0.05) is 32.8 Å². The van der Waals surface area contributed by atoms with Crippen LogP contribution in [0.2, 0.25) is 0 Å². The second kappa shape index (κ2) is 8.81. The average molecular weight is 265 g/mol. The van der Waals surface area contributed by atoms with Crippen LogP contribution in [0.5, 0.6) is 11.5 Å². The lowest BCUT2D eigenvalue weighted by atomic mass is 10.1. The van der Waals surface area contributed by atoms with Crippen molar-refractivity contribution in [2.24, 2.45) is 5.92 Å². The van der Waals surface area contributed by atoms with Gasteiger partial charge in [-0.25, -0.2) is 0 Å². The number of nitrogens with one attached hydrogen (secondary N) is 1. The van der Waals surface area contributed by atoms with E-state index < -0.39 is 0 Å². The SMILES string of the molecule is COc1ccc(CNCCCCC(C)C)cc1OC. The van der Waals surface area contributed by atoms with Crippen molar-refractivity contribution in [3.05, 3.63) is 23.8 Å². The van der Waals surface area contributed by atoms with E-state index in [0.717, 1.165) is 30.5 Å². The third-order valence-electron chi connectivity index (χ3n) is 3.16. The van der Waals surface area contributed by atoms with Gasteiger partial charge < -0.3 is 14.8 Å². The topological polar surface area (TPSA) is 30.5 Å². The van der Waals surface area contributed by atoms with Crippen LogP contribution >= 0.6 is 0 Å². The molecule has 19 heavy (non-hydrogen) atoms. The molecule has 0 saturated carbocycles. The average Bonchev–Trinajstić information content (AvgIpc) is 2.42. The molecule has 0 aliphatic rings. The molecule has 1 rings (SSSR count). The quantitative estimate of drug-likeness (QED) is 0.692. The molecular formula is C16H27NO2. The Bertz CT molecular complexity index is 364. The number of rotatable bonds is 9. The first kappa shape index (κ1) is 15.8. The molecule has 0 bridgehead atoms. The summed E-state index contributed by atoms with van der Waals surface area (Å²) in [6.07, 6.45) is 3.86. The summed E-state index contributed by atoms with van der Waals surface area (Å²) in [6.45, 7) is 6.50. The molecule has 0 saturated heterocycles. The summed E-state index contributed by atoms with van der Waals surface area (Å²) in [5.41, 5.74) is 1.22. The molecule has 0 atom stereocenters. The summed E-state index contributed by atoms with van der Waals surface area (Å²) in [7, 11) is 3.32. The van der Waals surface area contributed by atoms with Gasteiger partial charge in [0.2, 0.25) is 0 Å². The highest BCUT2D eigenvalue weighted by molar-refractivity contribution is 5.42. The van der Waals surface area contributed by atoms with Crippen LogP contribution in [0.15, 0.2) is 18.2 Å². The van der Waals surface area contributed by atoms with Crippen LogP contribution in [0.1, 0.15) is 38.7 Å². The third-order valence-corrected chi connectivity index (χ3v) is 3.16. The number of hydrogen-bond donors (Lipinski definition) is 1. The van der Waals surface area contributed by atoms with Crippen LogP contribution in [0.3, 0.4) is 0 Å². The minimum absolute atomic E-state index is 0.781. The van der Waals surface area contributed by atoms with E-state index in [0.29, 0.717) is 0 Å². The Balaban J connectivity index is 2.29. The van der Waals surface area contributed by atoms with Crippen molar-refractivity contribution in [2.45, 2.75) is 39.7 Å². The van der Waals surface area contributed by atoms with Crippen LogP contribution in [0, 0.1) is 5.92 Å². The predicted molar refractivity (Wildman–Crippen MR) is 79.9 cm³/mol. The Morgan fingerprint density at radius 1 is 1.05 bits per heavy atom. The third kappa shape index (κ3) is 5.97. The minimum atomic E-state index is 0.781. The van der Waals surface area contributed by atoms with E-state index in [1.165, 1.54) is 24.8 Å². The molecule has 3 heteroatoms. The van der Waals surface area contributed by atoms with Gasteiger partial charge in [0.15, 0.2) is 11.5 Å². The van der Waals surface area contributed by atoms with Crippen molar-refractivity contribution in [1.82, 2.24) is 5.32 Å². The van der Waals surface area contributed by atoms with E-state index in [1.807, 2.05) is 12.1 Å². The Morgan fingerprint density at radius 2 is 1.79 bits per heavy atom. The zero-order valence-corrected chi connectivity index (χ0v) is 12.7. The van der Waals surface area contributed by atoms with E-state index in [1.54, 1.807) is 14.2 Å². The number of hydrogen-bond acceptors (Lipinski definition) is 3. The second-order valence-electron chi connectivity index (χ2n) is 5.26. The van der Waals surface area contributed by atoms with Crippen LogP contribution < -0.4 is 14.8 Å². The first-order valence-corrected chi connectivity index (χ1v) is 7.09. The summed E-state index contributed by atoms with van der Waals surface area (Å²) in [4.78, 5) is 0. The molecule has 1 aromatic rings. The minimum Gasteiger partial charge on any atom is -0.493 e. The molecule has 108 valence electrons. The molecule has 0 aliphatic carbocycles. The maximum Gasteiger partial charge on any atom is 0.161 e. The fourth-order valence-electron chi connectivity index (χ4n) is 2.03. The fraction of sp³-hybridized carbons (Fsp3) is 0.625. The van der Waals surface area contributed by atoms with Gasteiger partial charge in [0.1, 0.15) is 0 Å². The van der Waals surface area contributed by atoms with Crippen molar-refractivity contribution in [3.8, 4) is 11.5 Å². The number of benzene rings is 1. The number of methoxy groups -OCH3 is 2. The van der Waals surface area contributed by atoms with Gasteiger partial charge in [0.25, 0.3) is 0 Å². The van der Waals surface area contributed by atoms with E-state index in [2.05, 4.69) is 25.2 Å². The van der Waals surface area contributed by atoms with E-state index >= 15 is 0 Å². The smallest absolute Gasteiger partial charge is 0.161 e. The molecule has 3 nitrogen and oxygen atoms in total. The molecule has 0 fully saturated rings. The Morgan fingerprint density at radius 3 is 2.42 bits per heavy atom. The predicted octanol–water partition coefficient (Wildman–Crippen LogP) is 3.62. The lowest BCUT2D eigenvalue weighted by molar-refractivity contribution is 0.354. The highest BCUT2D eigenvalue weighted by Gasteiger charge is 2.04. The maximum absolute atomic E-state index is 5.30. The maximum atomic E-state index is 5.30. The molecule has 0 aromatic heterocycles. The molecular weight excluding hydrogens is 238 g/mol. The zero-order valence-electron chi connectivity index (χ0n) is 12.7. The summed E-state index contributed by atoms with van der Waals surface area (Å²) < 4.78 is 10.5. The Kier molecular flexibility index (Phi) is 7.34. The highest BCUT2D eigenvalue weighted by Crippen LogP contribution is 2.27. The van der Waals surface area contributed by atoms with Gasteiger partial charge >= 0.3 is 0 Å². The molecule has 0 unspecified atom stereocenters. The van der Waals surface area contributed by atoms with Gasteiger partial charge in [-0.15, -0.1) is 0 Å². The lowest BCUT2D eigenvalue weighted by Gasteiger charge is -2.10. The summed E-state index contributed by atoms with van der Waals surface area (Å²) >= 11 is 0. The first-order valence-electron chi connectivity index (χ1n) is 7.09. The largest absolute Gasteiger partial charge is 0.493 e. The summed E-state index contributed by atoms with van der Waals surface area (Å²) in [5.74, 6) is 2.38. The van der Waals surface area contributed by atoms with Gasteiger partial charge in [-0.2, -0.15) is 0 Å². The first-order chi connectivity index (χ1) is 9.17. The van der Waals surface area contributed by atoms with Crippen LogP contribution in [-0.2, 0) is 6.54 Å². The normalized spacial score (nSPS) is 10.8. The van der Waals surface area contributed by atoms with Crippen molar-refractivity contribution >= 4 is 0 Å². The Labute approximate surface area is 117 Å². The number of unbranched alkanes of at least 4 members (excludes halogenated alkanes) is 1.